The van der Waals surface area contributed by atoms with Gasteiger partial charge in [-0.1, -0.05) is 6.07 Å². The molecule has 2 aromatic rings. The molecule has 0 aromatic carbocycles. The van der Waals surface area contributed by atoms with Gasteiger partial charge in [-0.2, -0.15) is 0 Å². The standard InChI is InChI=1S/C19H25N3O2S/c1-12-17(14(3)23)13(2)21-18(12)19(24)20-11-15(16-7-6-10-25-16)22-8-4-5-9-22/h6-7,10,15,21H,4-5,8-9,11H2,1-3H3,(H,20,24). The Morgan fingerprint density at radius 1 is 1.32 bits per heavy atom. The van der Waals surface area contributed by atoms with Gasteiger partial charge in [0.25, 0.3) is 5.91 Å². The summed E-state index contributed by atoms with van der Waals surface area (Å²) >= 11 is 1.73. The Morgan fingerprint density at radius 2 is 2.04 bits per heavy atom. The minimum Gasteiger partial charge on any atom is -0.354 e. The zero-order valence-corrected chi connectivity index (χ0v) is 15.8. The van der Waals surface area contributed by atoms with Crippen molar-refractivity contribution in [3.63, 3.8) is 0 Å². The van der Waals surface area contributed by atoms with Crippen LogP contribution in [0.3, 0.4) is 0 Å². The molecule has 1 unspecified atom stereocenters. The lowest BCUT2D eigenvalue weighted by molar-refractivity contribution is 0.0933. The van der Waals surface area contributed by atoms with Crippen LogP contribution in [-0.4, -0.2) is 41.2 Å². The average molecular weight is 359 g/mol. The highest BCUT2D eigenvalue weighted by Crippen LogP contribution is 2.28. The molecule has 0 bridgehead atoms. The summed E-state index contributed by atoms with van der Waals surface area (Å²) in [5, 5.41) is 5.15. The molecule has 1 aliphatic rings. The van der Waals surface area contributed by atoms with E-state index in [1.54, 1.807) is 11.3 Å². The maximum absolute atomic E-state index is 12.7. The minimum atomic E-state index is -0.145. The van der Waals surface area contributed by atoms with Crippen LogP contribution in [0.15, 0.2) is 17.5 Å². The number of nitrogens with zero attached hydrogens (tertiary/aromatic N) is 1. The number of hydrogen-bond acceptors (Lipinski definition) is 4. The molecule has 1 saturated heterocycles. The molecule has 3 heterocycles. The zero-order chi connectivity index (χ0) is 18.0. The molecule has 0 radical (unpaired) electrons. The monoisotopic (exact) mass is 359 g/mol. The first-order valence-electron chi connectivity index (χ1n) is 8.74. The van der Waals surface area contributed by atoms with Crippen LogP contribution in [0.2, 0.25) is 0 Å². The minimum absolute atomic E-state index is 0.0150. The quantitative estimate of drug-likeness (QED) is 0.776. The smallest absolute Gasteiger partial charge is 0.268 e. The number of aromatic nitrogens is 1. The number of hydrogen-bond donors (Lipinski definition) is 2. The van der Waals surface area contributed by atoms with Crippen LogP contribution >= 0.6 is 11.3 Å². The first-order valence-corrected chi connectivity index (χ1v) is 9.62. The van der Waals surface area contributed by atoms with Gasteiger partial charge >= 0.3 is 0 Å². The van der Waals surface area contributed by atoms with Crippen molar-refractivity contribution in [2.75, 3.05) is 19.6 Å². The second-order valence-electron chi connectivity index (χ2n) is 6.67. The molecular formula is C19H25N3O2S. The highest BCUT2D eigenvalue weighted by molar-refractivity contribution is 7.10. The molecule has 0 saturated carbocycles. The van der Waals surface area contributed by atoms with Gasteiger partial charge in [-0.3, -0.25) is 14.5 Å². The fourth-order valence-electron chi connectivity index (χ4n) is 3.73. The van der Waals surface area contributed by atoms with Crippen LogP contribution < -0.4 is 5.32 Å². The number of nitrogens with one attached hydrogen (secondary N) is 2. The average Bonchev–Trinajstić information content (AvgIpc) is 3.29. The van der Waals surface area contributed by atoms with Gasteiger partial charge in [0.2, 0.25) is 0 Å². The summed E-state index contributed by atoms with van der Waals surface area (Å²) in [6, 6.07) is 4.41. The number of ketones is 1. The fourth-order valence-corrected chi connectivity index (χ4v) is 4.59. The SMILES string of the molecule is CC(=O)c1c(C)[nH]c(C(=O)NCC(c2cccs2)N2CCCC2)c1C. The number of H-pyrrole nitrogens is 1. The highest BCUT2D eigenvalue weighted by Gasteiger charge is 2.26. The predicted octanol–water partition coefficient (Wildman–Crippen LogP) is 3.46. The number of rotatable bonds is 6. The molecular weight excluding hydrogens is 334 g/mol. The van der Waals surface area contributed by atoms with Gasteiger partial charge in [-0.05, 0) is 63.7 Å². The molecule has 1 aliphatic heterocycles. The van der Waals surface area contributed by atoms with Crippen LogP contribution in [0, 0.1) is 13.8 Å². The van der Waals surface area contributed by atoms with Crippen molar-refractivity contribution in [1.82, 2.24) is 15.2 Å². The maximum Gasteiger partial charge on any atom is 0.268 e. The lowest BCUT2D eigenvalue weighted by Crippen LogP contribution is -2.36. The Morgan fingerprint density at radius 3 is 2.60 bits per heavy atom. The molecule has 6 heteroatoms. The topological polar surface area (TPSA) is 65.2 Å². The zero-order valence-electron chi connectivity index (χ0n) is 15.0. The van der Waals surface area contributed by atoms with Crippen molar-refractivity contribution >= 4 is 23.0 Å². The van der Waals surface area contributed by atoms with E-state index >= 15 is 0 Å². The summed E-state index contributed by atoms with van der Waals surface area (Å²) in [6.45, 7) is 7.92. The molecule has 3 rings (SSSR count). The largest absolute Gasteiger partial charge is 0.354 e. The van der Waals surface area contributed by atoms with Crippen molar-refractivity contribution in [1.29, 1.82) is 0 Å². The Kier molecular flexibility index (Phi) is 5.39. The third-order valence-corrected chi connectivity index (χ3v) is 5.90. The van der Waals surface area contributed by atoms with E-state index in [0.717, 1.165) is 24.3 Å². The van der Waals surface area contributed by atoms with E-state index in [1.807, 2.05) is 13.8 Å². The number of amides is 1. The van der Waals surface area contributed by atoms with Crippen molar-refractivity contribution < 1.29 is 9.59 Å². The van der Waals surface area contributed by atoms with E-state index in [4.69, 9.17) is 0 Å². The van der Waals surface area contributed by atoms with E-state index in [2.05, 4.69) is 32.7 Å². The molecule has 5 nitrogen and oxygen atoms in total. The third-order valence-electron chi connectivity index (χ3n) is 4.93. The summed E-state index contributed by atoms with van der Waals surface area (Å²) in [4.78, 5) is 31.2. The number of aryl methyl sites for hydroxylation is 1. The molecule has 1 amide bonds. The first kappa shape index (κ1) is 17.9. The van der Waals surface area contributed by atoms with Crippen LogP contribution in [0.5, 0.6) is 0 Å². The Balaban J connectivity index is 1.74. The number of Topliss-reactive ketones (excluding diaryl/α,β-unsaturated/α-hetero) is 1. The van der Waals surface area contributed by atoms with Gasteiger partial charge in [-0.25, -0.2) is 0 Å². The molecule has 2 N–H and O–H groups in total. The van der Waals surface area contributed by atoms with Gasteiger partial charge in [0.05, 0.1) is 6.04 Å². The highest BCUT2D eigenvalue weighted by atomic mass is 32.1. The Hall–Kier alpha value is -1.92. The molecule has 1 fully saturated rings. The Labute approximate surface area is 152 Å². The van der Waals surface area contributed by atoms with Crippen LogP contribution in [0.4, 0.5) is 0 Å². The van der Waals surface area contributed by atoms with Crippen molar-refractivity contribution in [3.05, 3.63) is 44.9 Å². The predicted molar refractivity (Wildman–Crippen MR) is 100 cm³/mol. The molecule has 25 heavy (non-hydrogen) atoms. The lowest BCUT2D eigenvalue weighted by atomic mass is 10.1. The van der Waals surface area contributed by atoms with Gasteiger partial charge in [0, 0.05) is 22.7 Å². The van der Waals surface area contributed by atoms with Crippen molar-refractivity contribution in [2.45, 2.75) is 39.7 Å². The molecule has 2 aromatic heterocycles. The third kappa shape index (κ3) is 3.70. The molecule has 134 valence electrons. The number of thiophene rings is 1. The van der Waals surface area contributed by atoms with E-state index < -0.39 is 0 Å². The van der Waals surface area contributed by atoms with Gasteiger partial charge in [-0.15, -0.1) is 11.3 Å². The van der Waals surface area contributed by atoms with Crippen molar-refractivity contribution in [3.8, 4) is 0 Å². The van der Waals surface area contributed by atoms with E-state index in [0.29, 0.717) is 17.8 Å². The second kappa shape index (κ2) is 7.54. The van der Waals surface area contributed by atoms with Crippen LogP contribution in [0.25, 0.3) is 0 Å². The molecule has 0 aliphatic carbocycles. The Bertz CT molecular complexity index is 758. The summed E-state index contributed by atoms with van der Waals surface area (Å²) in [5.41, 5.74) is 2.61. The number of carbonyl (C=O) groups is 2. The summed E-state index contributed by atoms with van der Waals surface area (Å²) in [6.07, 6.45) is 2.43. The number of aromatic amines is 1. The van der Waals surface area contributed by atoms with E-state index in [1.165, 1.54) is 24.6 Å². The lowest BCUT2D eigenvalue weighted by Gasteiger charge is -2.26. The second-order valence-corrected chi connectivity index (χ2v) is 7.64. The van der Waals surface area contributed by atoms with E-state index in [-0.39, 0.29) is 17.7 Å². The summed E-state index contributed by atoms with van der Waals surface area (Å²) in [5.74, 6) is -0.160. The number of carbonyl (C=O) groups excluding carboxylic acids is 2. The normalized spacial score (nSPS) is 16.1. The van der Waals surface area contributed by atoms with E-state index in [9.17, 15) is 9.59 Å². The van der Waals surface area contributed by atoms with Crippen LogP contribution in [-0.2, 0) is 0 Å². The summed E-state index contributed by atoms with van der Waals surface area (Å²) in [7, 11) is 0. The van der Waals surface area contributed by atoms with Crippen molar-refractivity contribution in [2.24, 2.45) is 0 Å². The van der Waals surface area contributed by atoms with Gasteiger partial charge in [0.1, 0.15) is 5.69 Å². The number of likely N-dealkylation sites (tertiary alicyclic amines) is 1. The maximum atomic E-state index is 12.7. The first-order chi connectivity index (χ1) is 12.0. The van der Waals surface area contributed by atoms with Gasteiger partial charge < -0.3 is 10.3 Å². The molecule has 1 atom stereocenters. The fraction of sp³-hybridized carbons (Fsp3) is 0.474. The van der Waals surface area contributed by atoms with Crippen LogP contribution in [0.1, 0.15) is 62.8 Å². The van der Waals surface area contributed by atoms with Gasteiger partial charge in [0.15, 0.2) is 5.78 Å². The molecule has 0 spiro atoms. The summed E-state index contributed by atoms with van der Waals surface area (Å²) < 4.78 is 0.